The Morgan fingerprint density at radius 1 is 0.816 bits per heavy atom. The normalized spacial score (nSPS) is 50.9. The Morgan fingerprint density at radius 2 is 1.47 bits per heavy atom. The van der Waals surface area contributed by atoms with E-state index in [2.05, 4.69) is 48.5 Å². The van der Waals surface area contributed by atoms with E-state index in [-0.39, 0.29) is 57.0 Å². The van der Waals surface area contributed by atoms with Crippen LogP contribution in [0, 0.1) is 56.2 Å². The number of aliphatic hydroxyl groups is 1. The zero-order valence-corrected chi connectivity index (χ0v) is 25.6. The Labute approximate surface area is 231 Å². The predicted octanol–water partition coefficient (Wildman–Crippen LogP) is 6.94. The van der Waals surface area contributed by atoms with Crippen LogP contribution in [0.2, 0.25) is 0 Å². The van der Waals surface area contributed by atoms with E-state index in [0.29, 0.717) is 11.8 Å². The summed E-state index contributed by atoms with van der Waals surface area (Å²) < 4.78 is 11.4. The molecule has 38 heavy (non-hydrogen) atoms. The van der Waals surface area contributed by atoms with E-state index in [1.807, 2.05) is 0 Å². The summed E-state index contributed by atoms with van der Waals surface area (Å²) in [7, 11) is 1.55. The maximum Gasteiger partial charge on any atom is 0.312 e. The van der Waals surface area contributed by atoms with Crippen LogP contribution in [0.15, 0.2) is 0 Å². The molecule has 0 aromatic heterocycles. The van der Waals surface area contributed by atoms with Crippen molar-refractivity contribution in [3.05, 3.63) is 0 Å². The van der Waals surface area contributed by atoms with Gasteiger partial charge in [0.15, 0.2) is 0 Å². The molecule has 0 spiro atoms. The van der Waals surface area contributed by atoms with E-state index in [0.717, 1.165) is 64.2 Å². The molecule has 0 aromatic rings. The topological polar surface area (TPSA) is 72.8 Å². The molecule has 0 amide bonds. The fraction of sp³-hybridized carbons (Fsp3) is 0.939. The molecule has 0 aliphatic heterocycles. The predicted molar refractivity (Wildman–Crippen MR) is 148 cm³/mol. The Hall–Kier alpha value is -1.10. The number of carbonyl (C=O) groups excluding carboxylic acids is 2. The summed E-state index contributed by atoms with van der Waals surface area (Å²) >= 11 is 0. The first-order chi connectivity index (χ1) is 17.5. The second kappa shape index (κ2) is 8.70. The molecule has 2 unspecified atom stereocenters. The van der Waals surface area contributed by atoms with Crippen molar-refractivity contribution in [3.63, 3.8) is 0 Å². The van der Waals surface area contributed by atoms with Crippen LogP contribution in [0.25, 0.3) is 0 Å². The second-order valence-electron chi connectivity index (χ2n) is 16.4. The molecule has 5 aliphatic carbocycles. The summed E-state index contributed by atoms with van der Waals surface area (Å²) in [5.74, 6) is 0.909. The number of aliphatic hydroxyl groups excluding tert-OH is 1. The molecule has 5 heteroatoms. The van der Waals surface area contributed by atoms with Gasteiger partial charge in [-0.3, -0.25) is 9.59 Å². The van der Waals surface area contributed by atoms with Crippen molar-refractivity contribution in [1.82, 2.24) is 0 Å². The molecule has 5 nitrogen and oxygen atoms in total. The third-order valence-electron chi connectivity index (χ3n) is 14.1. The molecule has 5 rings (SSSR count). The Bertz CT molecular complexity index is 986. The summed E-state index contributed by atoms with van der Waals surface area (Å²) in [5.41, 5.74) is -0.232. The lowest BCUT2D eigenvalue weighted by Gasteiger charge is -2.74. The minimum atomic E-state index is -0.455. The Kier molecular flexibility index (Phi) is 6.51. The van der Waals surface area contributed by atoms with E-state index in [1.165, 1.54) is 6.92 Å². The number of hydrogen-bond acceptors (Lipinski definition) is 5. The summed E-state index contributed by atoms with van der Waals surface area (Å²) in [6, 6.07) is 0. The number of fused-ring (bicyclic) bond motifs is 7. The van der Waals surface area contributed by atoms with Gasteiger partial charge in [-0.2, -0.15) is 0 Å². The number of rotatable bonds is 2. The van der Waals surface area contributed by atoms with Crippen molar-refractivity contribution in [2.24, 2.45) is 56.2 Å². The van der Waals surface area contributed by atoms with Gasteiger partial charge in [0.05, 0.1) is 18.6 Å². The van der Waals surface area contributed by atoms with Crippen LogP contribution in [-0.4, -0.2) is 36.4 Å². The Morgan fingerprint density at radius 3 is 2.11 bits per heavy atom. The van der Waals surface area contributed by atoms with Crippen molar-refractivity contribution in [2.45, 2.75) is 132 Å². The summed E-state index contributed by atoms with van der Waals surface area (Å²) in [6.07, 6.45) is 9.31. The maximum atomic E-state index is 13.5. The highest BCUT2D eigenvalue weighted by Gasteiger charge is 2.73. The molecule has 1 N–H and O–H groups in total. The number of esters is 2. The van der Waals surface area contributed by atoms with Crippen LogP contribution < -0.4 is 0 Å². The first kappa shape index (κ1) is 28.4. The maximum absolute atomic E-state index is 13.5. The third-order valence-corrected chi connectivity index (χ3v) is 14.1. The molecule has 5 saturated carbocycles. The van der Waals surface area contributed by atoms with Crippen LogP contribution in [0.3, 0.4) is 0 Å². The number of hydrogen-bond donors (Lipinski definition) is 1. The van der Waals surface area contributed by atoms with E-state index >= 15 is 0 Å². The van der Waals surface area contributed by atoms with Gasteiger partial charge in [0, 0.05) is 12.3 Å². The molecule has 5 aliphatic rings. The van der Waals surface area contributed by atoms with Gasteiger partial charge in [-0.05, 0) is 110 Å². The first-order valence-corrected chi connectivity index (χ1v) is 15.4. The molecule has 0 heterocycles. The quantitative estimate of drug-likeness (QED) is 0.391. The number of ether oxygens (including phenoxy) is 2. The summed E-state index contributed by atoms with van der Waals surface area (Å²) in [5, 5.41) is 12.2. The molecule has 0 aromatic carbocycles. The van der Waals surface area contributed by atoms with Crippen molar-refractivity contribution in [2.75, 3.05) is 7.11 Å². The van der Waals surface area contributed by atoms with Gasteiger partial charge in [0.25, 0.3) is 0 Å². The standard InChI is InChI=1S/C33H54O5/c1-20(34)38-25-11-12-30(6)23(29(25,4)5)10-13-31(7)24(30)18-22(35)26-21-19-28(2,3)14-16-33(21,27(36)37-9)17-15-32(26,31)8/h21-26,35H,10-19H2,1-9H3/t21?,22-,23-,24+,25-,26-,30-,31+,32+,33?/m0/s1. The molecule has 10 atom stereocenters. The SMILES string of the molecule is COC(=O)C12CCC(C)(C)CC1[C@H]1[C@@H](O)C[C@@H]3[C@@]4(C)CC[C@H](OC(C)=O)C(C)(C)[C@@H]4CC[C@@]3(C)[C@]1(C)CC2. The molecule has 0 bridgehead atoms. The third kappa shape index (κ3) is 3.64. The van der Waals surface area contributed by atoms with Crippen molar-refractivity contribution < 1.29 is 24.2 Å². The second-order valence-corrected chi connectivity index (χ2v) is 16.4. The number of methoxy groups -OCH3 is 1. The van der Waals surface area contributed by atoms with Crippen LogP contribution in [0.4, 0.5) is 0 Å². The zero-order valence-electron chi connectivity index (χ0n) is 25.6. The smallest absolute Gasteiger partial charge is 0.312 e. The minimum absolute atomic E-state index is 0.0319. The van der Waals surface area contributed by atoms with Gasteiger partial charge in [-0.1, -0.05) is 48.5 Å². The average Bonchev–Trinajstić information content (AvgIpc) is 2.81. The minimum Gasteiger partial charge on any atom is -0.469 e. The fourth-order valence-corrected chi connectivity index (χ4v) is 12.0. The molecule has 5 fully saturated rings. The molecular weight excluding hydrogens is 476 g/mol. The molecule has 0 radical (unpaired) electrons. The van der Waals surface area contributed by atoms with Crippen molar-refractivity contribution in [1.29, 1.82) is 0 Å². The molecular formula is C33H54O5. The van der Waals surface area contributed by atoms with Gasteiger partial charge in [-0.25, -0.2) is 0 Å². The van der Waals surface area contributed by atoms with Crippen molar-refractivity contribution in [3.8, 4) is 0 Å². The number of carbonyl (C=O) groups is 2. The van der Waals surface area contributed by atoms with Crippen molar-refractivity contribution >= 4 is 11.9 Å². The van der Waals surface area contributed by atoms with Crippen LogP contribution in [0.1, 0.15) is 120 Å². The highest BCUT2D eigenvalue weighted by atomic mass is 16.5. The van der Waals surface area contributed by atoms with Crippen LogP contribution in [-0.2, 0) is 19.1 Å². The lowest BCUT2D eigenvalue weighted by atomic mass is 9.31. The largest absolute Gasteiger partial charge is 0.469 e. The lowest BCUT2D eigenvalue weighted by molar-refractivity contribution is -0.279. The zero-order chi connectivity index (χ0) is 28.1. The van der Waals surface area contributed by atoms with Gasteiger partial charge in [0.1, 0.15) is 6.10 Å². The van der Waals surface area contributed by atoms with Gasteiger partial charge < -0.3 is 14.6 Å². The van der Waals surface area contributed by atoms with E-state index < -0.39 is 11.5 Å². The van der Waals surface area contributed by atoms with E-state index in [4.69, 9.17) is 9.47 Å². The van der Waals surface area contributed by atoms with Crippen LogP contribution in [0.5, 0.6) is 0 Å². The lowest BCUT2D eigenvalue weighted by Crippen LogP contribution is -2.70. The summed E-state index contributed by atoms with van der Waals surface area (Å²) in [6.45, 7) is 18.4. The van der Waals surface area contributed by atoms with E-state index in [1.54, 1.807) is 7.11 Å². The molecule has 0 saturated heterocycles. The average molecular weight is 531 g/mol. The van der Waals surface area contributed by atoms with Crippen LogP contribution >= 0.6 is 0 Å². The van der Waals surface area contributed by atoms with E-state index in [9.17, 15) is 14.7 Å². The van der Waals surface area contributed by atoms with Gasteiger partial charge in [-0.15, -0.1) is 0 Å². The highest BCUT2D eigenvalue weighted by Crippen LogP contribution is 2.77. The summed E-state index contributed by atoms with van der Waals surface area (Å²) in [4.78, 5) is 25.4. The first-order valence-electron chi connectivity index (χ1n) is 15.4. The van der Waals surface area contributed by atoms with Gasteiger partial charge in [0.2, 0.25) is 0 Å². The monoisotopic (exact) mass is 530 g/mol. The highest BCUT2D eigenvalue weighted by molar-refractivity contribution is 5.77. The fourth-order valence-electron chi connectivity index (χ4n) is 12.0. The van der Waals surface area contributed by atoms with Gasteiger partial charge >= 0.3 is 11.9 Å². The Balaban J connectivity index is 1.55. The molecule has 216 valence electrons.